The number of allylic oxidation sites excluding steroid dienone is 3. The van der Waals surface area contributed by atoms with E-state index in [0.717, 1.165) is 5.57 Å². The van der Waals surface area contributed by atoms with Crippen LogP contribution in [0.2, 0.25) is 5.02 Å². The topological polar surface area (TPSA) is 222 Å². The van der Waals surface area contributed by atoms with E-state index in [1.54, 1.807) is 42.9 Å². The number of carbonyl (C=O) groups excluding carboxylic acids is 5. The molecule has 0 radical (unpaired) electrons. The maximum Gasteiger partial charge on any atom is 0.409 e. The van der Waals surface area contributed by atoms with Gasteiger partial charge in [0.25, 0.3) is 0 Å². The number of phenolic OH excluding ortho intramolecular Hbond substituents is 1. The third kappa shape index (κ3) is 11.1. The molecule has 1 aromatic rings. The fraction of sp³-hybridized carbons (Fsp3) is 0.605. The van der Waals surface area contributed by atoms with E-state index in [0.29, 0.717) is 24.2 Å². The highest BCUT2D eigenvalue weighted by Crippen LogP contribution is 2.49. The van der Waals surface area contributed by atoms with E-state index in [2.05, 4.69) is 5.32 Å². The zero-order chi connectivity index (χ0) is 41.7. The number of rotatable bonds is 11. The maximum absolute atomic E-state index is 14.0. The summed E-state index contributed by atoms with van der Waals surface area (Å²) in [5, 5.41) is 35.5. The van der Waals surface area contributed by atoms with Gasteiger partial charge in [-0.05, 0) is 51.3 Å². The van der Waals surface area contributed by atoms with Gasteiger partial charge in [0, 0.05) is 50.3 Å². The van der Waals surface area contributed by atoms with Crippen LogP contribution >= 0.6 is 33.2 Å². The lowest BCUT2D eigenvalue weighted by Crippen LogP contribution is -2.63. The van der Waals surface area contributed by atoms with Gasteiger partial charge >= 0.3 is 12.1 Å². The van der Waals surface area contributed by atoms with Crippen LogP contribution in [0.4, 0.5) is 10.5 Å². The SMILES string of the molecule is C/C1=C\C=C\[C@@H](O)[C@@]2(O)C[C@H](OC(=O)N2)[C@@H](C)C2O[C@@]2(C)[C@@H](OC(=O)[C@H](C)N(C)C(=O)CCSSC(C)CCC(N)=O)CC(=O)N(C)c2cc(cc(O)c2Cl)C1. The predicted molar refractivity (Wildman–Crippen MR) is 214 cm³/mol. The second-order valence-electron chi connectivity index (χ2n) is 15.0. The fourth-order valence-corrected chi connectivity index (χ4v) is 9.24. The van der Waals surface area contributed by atoms with Gasteiger partial charge in [0.2, 0.25) is 17.7 Å². The summed E-state index contributed by atoms with van der Waals surface area (Å²) in [6.07, 6.45) is -0.0652. The summed E-state index contributed by atoms with van der Waals surface area (Å²) >= 11 is 6.51. The standard InChI is InChI=1S/C38H53ClN4O11S2/c1-20-9-8-10-28(45)38(51)19-27(52-36(50)41-38)22(3)34-37(5,54-34)29(18-32(48)43(7)25-16-24(15-20)17-26(44)33(25)39)53-35(49)23(4)42(6)31(47)13-14-55-56-21(2)11-12-30(40)46/h8-10,16-17,21-23,27-29,34,44-45,51H,11-15,18-19H2,1-7H3,(H2,40,46)(H,41,50)/b10-8+,20-9+/t21?,22-,23+,27+,28-,29+,34?,37+,38+/m1/s1. The number of nitrogens with zero attached hydrogens (tertiary/aromatic N) is 2. The molecule has 15 nitrogen and oxygen atoms in total. The average Bonchev–Trinajstić information content (AvgIpc) is 3.83. The third-order valence-corrected chi connectivity index (χ3v) is 13.9. The number of hydrogen-bond donors (Lipinski definition) is 5. The minimum Gasteiger partial charge on any atom is -0.506 e. The van der Waals surface area contributed by atoms with Crippen molar-refractivity contribution >= 4 is 68.7 Å². The summed E-state index contributed by atoms with van der Waals surface area (Å²) in [6, 6.07) is 2.08. The van der Waals surface area contributed by atoms with Crippen LogP contribution in [0.5, 0.6) is 5.75 Å². The maximum atomic E-state index is 14.0. The Morgan fingerprint density at radius 1 is 1.23 bits per heavy atom. The highest BCUT2D eigenvalue weighted by Gasteiger charge is 2.64. The smallest absolute Gasteiger partial charge is 0.409 e. The lowest BCUT2D eigenvalue weighted by molar-refractivity contribution is -0.162. The van der Waals surface area contributed by atoms with Gasteiger partial charge in [-0.2, -0.15) is 0 Å². The van der Waals surface area contributed by atoms with Crippen molar-refractivity contribution in [2.24, 2.45) is 11.7 Å². The molecule has 2 fully saturated rings. The summed E-state index contributed by atoms with van der Waals surface area (Å²) in [5.74, 6) is -2.40. The number of aliphatic hydroxyl groups is 2. The van der Waals surface area contributed by atoms with Crippen molar-refractivity contribution in [2.75, 3.05) is 24.7 Å². The van der Waals surface area contributed by atoms with E-state index in [-0.39, 0.29) is 52.8 Å². The monoisotopic (exact) mass is 840 g/mol. The van der Waals surface area contributed by atoms with Crippen molar-refractivity contribution in [1.29, 1.82) is 0 Å². The molecule has 4 rings (SSSR count). The van der Waals surface area contributed by atoms with Crippen LogP contribution in [0.3, 0.4) is 0 Å². The Bertz CT molecular complexity index is 1730. The first-order chi connectivity index (χ1) is 26.2. The second-order valence-corrected chi connectivity index (χ2v) is 18.3. The van der Waals surface area contributed by atoms with E-state index < -0.39 is 72.1 Å². The first kappa shape index (κ1) is 45.2. The second kappa shape index (κ2) is 18.9. The van der Waals surface area contributed by atoms with Gasteiger partial charge in [-0.15, -0.1) is 0 Å². The molecule has 2 saturated heterocycles. The highest BCUT2D eigenvalue weighted by atomic mass is 35.5. The zero-order valence-electron chi connectivity index (χ0n) is 32.7. The van der Waals surface area contributed by atoms with Crippen molar-refractivity contribution in [2.45, 2.75) is 120 Å². The van der Waals surface area contributed by atoms with Gasteiger partial charge < -0.3 is 45.1 Å². The Labute approximate surface area is 340 Å². The van der Waals surface area contributed by atoms with Gasteiger partial charge in [0.15, 0.2) is 5.72 Å². The number of aromatic hydroxyl groups is 1. The summed E-state index contributed by atoms with van der Waals surface area (Å²) in [6.45, 7) is 8.68. The Hall–Kier alpha value is -3.48. The number of amides is 4. The number of anilines is 1. The minimum absolute atomic E-state index is 0.0608. The summed E-state index contributed by atoms with van der Waals surface area (Å²) in [7, 11) is 6.00. The molecule has 3 heterocycles. The lowest BCUT2D eigenvalue weighted by Gasteiger charge is -2.41. The van der Waals surface area contributed by atoms with Gasteiger partial charge in [0.05, 0.1) is 18.2 Å². The molecular formula is C38H53ClN4O11S2. The number of hydrogen-bond acceptors (Lipinski definition) is 13. The largest absolute Gasteiger partial charge is 0.506 e. The molecule has 4 bridgehead atoms. The summed E-state index contributed by atoms with van der Waals surface area (Å²) in [5.41, 5.74) is 3.47. The van der Waals surface area contributed by atoms with E-state index in [4.69, 9.17) is 31.5 Å². The van der Waals surface area contributed by atoms with Crippen molar-refractivity contribution in [3.63, 3.8) is 0 Å². The van der Waals surface area contributed by atoms with Crippen LogP contribution in [0.15, 0.2) is 35.9 Å². The molecule has 9 atom stereocenters. The Balaban J connectivity index is 1.59. The Morgan fingerprint density at radius 2 is 1.93 bits per heavy atom. The van der Waals surface area contributed by atoms with Gasteiger partial charge in [-0.3, -0.25) is 19.7 Å². The molecule has 56 heavy (non-hydrogen) atoms. The molecule has 1 aromatic carbocycles. The van der Waals surface area contributed by atoms with Crippen LogP contribution in [-0.2, 0) is 39.8 Å². The van der Waals surface area contributed by atoms with E-state index in [1.807, 2.05) is 13.8 Å². The zero-order valence-corrected chi connectivity index (χ0v) is 35.0. The van der Waals surface area contributed by atoms with Crippen molar-refractivity contribution in [1.82, 2.24) is 10.2 Å². The number of nitrogens with one attached hydrogen (secondary N) is 1. The Kier molecular flexibility index (Phi) is 15.2. The van der Waals surface area contributed by atoms with Crippen LogP contribution in [0.1, 0.15) is 72.3 Å². The number of fused-ring (bicyclic) bond motifs is 5. The normalized spacial score (nSPS) is 30.7. The molecule has 6 N–H and O–H groups in total. The number of benzene rings is 1. The number of aliphatic hydroxyl groups excluding tert-OH is 1. The molecule has 310 valence electrons. The number of alkyl carbamates (subject to hydrolysis) is 1. The number of nitrogens with two attached hydrogens (primary N) is 1. The molecule has 0 spiro atoms. The Morgan fingerprint density at radius 3 is 2.61 bits per heavy atom. The van der Waals surface area contributed by atoms with E-state index in [1.165, 1.54) is 53.8 Å². The number of carbonyl (C=O) groups is 5. The average molecular weight is 841 g/mol. The number of epoxide rings is 1. The van der Waals surface area contributed by atoms with E-state index >= 15 is 0 Å². The lowest BCUT2D eigenvalue weighted by atomic mass is 9.83. The van der Waals surface area contributed by atoms with Crippen LogP contribution in [0, 0.1) is 5.92 Å². The third-order valence-electron chi connectivity index (χ3n) is 10.5. The molecule has 0 aliphatic carbocycles. The first-order valence-corrected chi connectivity index (χ1v) is 21.1. The predicted octanol–water partition coefficient (Wildman–Crippen LogP) is 3.98. The summed E-state index contributed by atoms with van der Waals surface area (Å²) in [4.78, 5) is 67.2. The van der Waals surface area contributed by atoms with Crippen LogP contribution in [-0.4, -0.2) is 117 Å². The molecule has 18 heteroatoms. The molecule has 2 unspecified atom stereocenters. The molecular weight excluding hydrogens is 788 g/mol. The van der Waals surface area contributed by atoms with Crippen LogP contribution in [0.25, 0.3) is 0 Å². The number of ether oxygens (including phenoxy) is 3. The van der Waals surface area contributed by atoms with Gasteiger partial charge in [0.1, 0.15) is 40.7 Å². The summed E-state index contributed by atoms with van der Waals surface area (Å²) < 4.78 is 17.8. The van der Waals surface area contributed by atoms with Gasteiger partial charge in [-0.1, -0.05) is 70.8 Å². The van der Waals surface area contributed by atoms with Crippen molar-refractivity contribution < 1.29 is 53.5 Å². The van der Waals surface area contributed by atoms with Gasteiger partial charge in [-0.25, -0.2) is 9.59 Å². The molecule has 4 amide bonds. The first-order valence-electron chi connectivity index (χ1n) is 18.4. The number of phenols is 1. The molecule has 0 aromatic heterocycles. The molecule has 3 aliphatic heterocycles. The van der Waals surface area contributed by atoms with Crippen LogP contribution < -0.4 is 16.0 Å². The fourth-order valence-electron chi connectivity index (χ4n) is 6.68. The van der Waals surface area contributed by atoms with Crippen molar-refractivity contribution in [3.8, 4) is 5.75 Å². The number of primary amides is 1. The number of likely N-dealkylation sites (N-methyl/N-ethyl adjacent to an activating group) is 1. The molecule has 0 saturated carbocycles. The minimum atomic E-state index is -2.09. The highest BCUT2D eigenvalue weighted by molar-refractivity contribution is 8.76. The van der Waals surface area contributed by atoms with Crippen molar-refractivity contribution in [3.05, 3.63) is 46.5 Å². The van der Waals surface area contributed by atoms with E-state index in [9.17, 15) is 39.3 Å². The number of esters is 1. The number of halogens is 1. The molecule has 3 aliphatic rings. The quantitative estimate of drug-likeness (QED) is 0.0923.